The average molecular weight is 285 g/mol. The fourth-order valence-corrected chi connectivity index (χ4v) is 2.44. The van der Waals surface area contributed by atoms with Crippen molar-refractivity contribution in [3.8, 4) is 11.5 Å². The fraction of sp³-hybridized carbons (Fsp3) is 0.333. The lowest BCUT2D eigenvalue weighted by atomic mass is 10.0. The lowest BCUT2D eigenvalue weighted by Crippen LogP contribution is -2.18. The van der Waals surface area contributed by atoms with Gasteiger partial charge in [-0.25, -0.2) is 0 Å². The number of nitrogens with one attached hydrogen (secondary N) is 1. The van der Waals surface area contributed by atoms with Gasteiger partial charge in [0.25, 0.3) is 0 Å². The first kappa shape index (κ1) is 15.4. The van der Waals surface area contributed by atoms with Crippen LogP contribution in [0.1, 0.15) is 29.7 Å². The van der Waals surface area contributed by atoms with Gasteiger partial charge >= 0.3 is 0 Å². The van der Waals surface area contributed by atoms with E-state index >= 15 is 0 Å². The Bertz CT molecular complexity index is 596. The summed E-state index contributed by atoms with van der Waals surface area (Å²) in [4.78, 5) is 0. The molecule has 21 heavy (non-hydrogen) atoms. The van der Waals surface area contributed by atoms with E-state index in [1.807, 2.05) is 12.1 Å². The third kappa shape index (κ3) is 3.76. The van der Waals surface area contributed by atoms with Gasteiger partial charge in [-0.05, 0) is 42.7 Å². The molecule has 1 atom stereocenters. The van der Waals surface area contributed by atoms with Crippen molar-refractivity contribution < 1.29 is 9.47 Å². The molecule has 2 rings (SSSR count). The average Bonchev–Trinajstić information content (AvgIpc) is 2.52. The summed E-state index contributed by atoms with van der Waals surface area (Å²) in [5, 5.41) is 3.55. The van der Waals surface area contributed by atoms with Crippen molar-refractivity contribution in [2.75, 3.05) is 14.2 Å². The first-order valence-electron chi connectivity index (χ1n) is 7.15. The summed E-state index contributed by atoms with van der Waals surface area (Å²) in [5.41, 5.74) is 3.82. The van der Waals surface area contributed by atoms with E-state index < -0.39 is 0 Å². The molecule has 3 heteroatoms. The molecule has 112 valence electrons. The zero-order valence-corrected chi connectivity index (χ0v) is 13.1. The van der Waals surface area contributed by atoms with E-state index in [1.54, 1.807) is 14.2 Å². The second kappa shape index (κ2) is 7.14. The maximum atomic E-state index is 5.33. The minimum absolute atomic E-state index is 0.305. The van der Waals surface area contributed by atoms with Gasteiger partial charge < -0.3 is 14.8 Å². The van der Waals surface area contributed by atoms with E-state index in [2.05, 4.69) is 49.5 Å². The summed E-state index contributed by atoms with van der Waals surface area (Å²) in [6.07, 6.45) is 0. The molecule has 0 aliphatic heterocycles. The number of benzene rings is 2. The van der Waals surface area contributed by atoms with Crippen molar-refractivity contribution in [1.82, 2.24) is 5.32 Å². The molecule has 3 nitrogen and oxygen atoms in total. The van der Waals surface area contributed by atoms with Crippen LogP contribution >= 0.6 is 0 Å². The molecule has 0 saturated carbocycles. The standard InChI is InChI=1S/C18H23NO2/c1-13-7-5-6-8-16(13)14(2)19-12-15-9-10-17(20-3)18(11-15)21-4/h5-11,14,19H,12H2,1-4H3. The molecule has 2 aromatic rings. The lowest BCUT2D eigenvalue weighted by Gasteiger charge is -2.17. The predicted molar refractivity (Wildman–Crippen MR) is 86.0 cm³/mol. The van der Waals surface area contributed by atoms with Gasteiger partial charge in [-0.15, -0.1) is 0 Å². The van der Waals surface area contributed by atoms with Gasteiger partial charge in [0, 0.05) is 12.6 Å². The predicted octanol–water partition coefficient (Wildman–Crippen LogP) is 3.86. The van der Waals surface area contributed by atoms with Gasteiger partial charge in [0.1, 0.15) is 0 Å². The Morgan fingerprint density at radius 2 is 1.71 bits per heavy atom. The third-order valence-electron chi connectivity index (χ3n) is 3.72. The van der Waals surface area contributed by atoms with E-state index in [9.17, 15) is 0 Å². The van der Waals surface area contributed by atoms with Gasteiger partial charge in [0.05, 0.1) is 14.2 Å². The Hall–Kier alpha value is -2.00. The second-order valence-electron chi connectivity index (χ2n) is 5.15. The van der Waals surface area contributed by atoms with Crippen LogP contribution in [-0.4, -0.2) is 14.2 Å². The van der Waals surface area contributed by atoms with Crippen LogP contribution in [0.3, 0.4) is 0 Å². The minimum atomic E-state index is 0.305. The Kier molecular flexibility index (Phi) is 5.23. The van der Waals surface area contributed by atoms with E-state index in [1.165, 1.54) is 16.7 Å². The highest BCUT2D eigenvalue weighted by Crippen LogP contribution is 2.27. The van der Waals surface area contributed by atoms with Gasteiger partial charge in [-0.1, -0.05) is 30.3 Å². The molecule has 0 aliphatic rings. The van der Waals surface area contributed by atoms with Crippen molar-refractivity contribution in [3.05, 3.63) is 59.2 Å². The molecular formula is C18H23NO2. The lowest BCUT2D eigenvalue weighted by molar-refractivity contribution is 0.354. The highest BCUT2D eigenvalue weighted by atomic mass is 16.5. The molecule has 1 unspecified atom stereocenters. The van der Waals surface area contributed by atoms with Crippen LogP contribution in [0.15, 0.2) is 42.5 Å². The molecule has 0 aromatic heterocycles. The third-order valence-corrected chi connectivity index (χ3v) is 3.72. The monoisotopic (exact) mass is 285 g/mol. The maximum Gasteiger partial charge on any atom is 0.161 e. The van der Waals surface area contributed by atoms with Crippen molar-refractivity contribution in [1.29, 1.82) is 0 Å². The van der Waals surface area contributed by atoms with E-state index in [0.717, 1.165) is 18.0 Å². The first-order chi connectivity index (χ1) is 10.2. The van der Waals surface area contributed by atoms with E-state index in [4.69, 9.17) is 9.47 Å². The summed E-state index contributed by atoms with van der Waals surface area (Å²) in [5.74, 6) is 1.52. The van der Waals surface area contributed by atoms with Crippen LogP contribution in [-0.2, 0) is 6.54 Å². The van der Waals surface area contributed by atoms with Crippen molar-refractivity contribution in [2.24, 2.45) is 0 Å². The Balaban J connectivity index is 2.04. The zero-order valence-electron chi connectivity index (χ0n) is 13.1. The first-order valence-corrected chi connectivity index (χ1v) is 7.15. The van der Waals surface area contributed by atoms with E-state index in [-0.39, 0.29) is 0 Å². The SMILES string of the molecule is COc1ccc(CNC(C)c2ccccc2C)cc1OC. The fourth-order valence-electron chi connectivity index (χ4n) is 2.44. The summed E-state index contributed by atoms with van der Waals surface area (Å²) in [6, 6.07) is 14.8. The highest BCUT2D eigenvalue weighted by Gasteiger charge is 2.09. The minimum Gasteiger partial charge on any atom is -0.493 e. The van der Waals surface area contributed by atoms with Gasteiger partial charge in [0.15, 0.2) is 11.5 Å². The zero-order chi connectivity index (χ0) is 15.2. The molecular weight excluding hydrogens is 262 g/mol. The van der Waals surface area contributed by atoms with Gasteiger partial charge in [-0.2, -0.15) is 0 Å². The maximum absolute atomic E-state index is 5.33. The molecule has 1 N–H and O–H groups in total. The van der Waals surface area contributed by atoms with Crippen LogP contribution in [0.25, 0.3) is 0 Å². The molecule has 0 bridgehead atoms. The Morgan fingerprint density at radius 1 is 1.00 bits per heavy atom. The largest absolute Gasteiger partial charge is 0.493 e. The van der Waals surface area contributed by atoms with Crippen molar-refractivity contribution in [3.63, 3.8) is 0 Å². The second-order valence-corrected chi connectivity index (χ2v) is 5.15. The topological polar surface area (TPSA) is 30.5 Å². The quantitative estimate of drug-likeness (QED) is 0.874. The van der Waals surface area contributed by atoms with Crippen LogP contribution in [0.5, 0.6) is 11.5 Å². The summed E-state index contributed by atoms with van der Waals surface area (Å²) >= 11 is 0. The van der Waals surface area contributed by atoms with Gasteiger partial charge in [0.2, 0.25) is 0 Å². The van der Waals surface area contributed by atoms with Crippen LogP contribution in [0.2, 0.25) is 0 Å². The van der Waals surface area contributed by atoms with Gasteiger partial charge in [-0.3, -0.25) is 0 Å². The number of ether oxygens (including phenoxy) is 2. The Morgan fingerprint density at radius 3 is 2.38 bits per heavy atom. The number of rotatable bonds is 6. The summed E-state index contributed by atoms with van der Waals surface area (Å²) in [7, 11) is 3.31. The highest BCUT2D eigenvalue weighted by molar-refractivity contribution is 5.42. The molecule has 0 aliphatic carbocycles. The number of hydrogen-bond acceptors (Lipinski definition) is 3. The van der Waals surface area contributed by atoms with Crippen molar-refractivity contribution in [2.45, 2.75) is 26.4 Å². The van der Waals surface area contributed by atoms with Crippen LogP contribution in [0, 0.1) is 6.92 Å². The number of methoxy groups -OCH3 is 2. The Labute approximate surface area is 126 Å². The van der Waals surface area contributed by atoms with Crippen molar-refractivity contribution >= 4 is 0 Å². The number of hydrogen-bond donors (Lipinski definition) is 1. The molecule has 2 aromatic carbocycles. The smallest absolute Gasteiger partial charge is 0.161 e. The molecule has 0 heterocycles. The van der Waals surface area contributed by atoms with Crippen LogP contribution < -0.4 is 14.8 Å². The van der Waals surface area contributed by atoms with Crippen LogP contribution in [0.4, 0.5) is 0 Å². The molecule has 0 fully saturated rings. The summed E-state index contributed by atoms with van der Waals surface area (Å²) in [6.45, 7) is 5.11. The number of aryl methyl sites for hydroxylation is 1. The summed E-state index contributed by atoms with van der Waals surface area (Å²) < 4.78 is 10.6. The normalized spacial score (nSPS) is 12.0. The molecule has 0 spiro atoms. The molecule has 0 radical (unpaired) electrons. The molecule has 0 amide bonds. The molecule has 0 saturated heterocycles. The van der Waals surface area contributed by atoms with E-state index in [0.29, 0.717) is 6.04 Å².